The van der Waals surface area contributed by atoms with Crippen LogP contribution < -0.4 is 5.32 Å². The summed E-state index contributed by atoms with van der Waals surface area (Å²) in [5.74, 6) is 0.823. The molecule has 0 aliphatic carbocycles. The van der Waals surface area contributed by atoms with Crippen molar-refractivity contribution in [3.05, 3.63) is 75.9 Å². The molecule has 5 rings (SSSR count). The van der Waals surface area contributed by atoms with Crippen LogP contribution in [-0.2, 0) is 10.2 Å². The van der Waals surface area contributed by atoms with Crippen LogP contribution in [0.15, 0.2) is 59.1 Å². The van der Waals surface area contributed by atoms with Gasteiger partial charge in [0, 0.05) is 53.7 Å². The number of benzene rings is 2. The SMILES string of the molecule is Cc1nc(-c2cccc(C(=O)NCC3(c4nc(-c5ccccc5)c(C)s4)CCOCC3)c2)no1. The number of nitrogens with zero attached hydrogens (tertiary/aromatic N) is 3. The van der Waals surface area contributed by atoms with Crippen LogP contribution in [0.2, 0.25) is 0 Å². The van der Waals surface area contributed by atoms with Gasteiger partial charge in [0.05, 0.1) is 5.69 Å². The standard InChI is InChI=1S/C26H26N4O3S/c1-17-22(19-7-4-3-5-8-19)29-25(34-17)26(11-13-32-14-12-26)16-27-24(31)21-10-6-9-20(15-21)23-28-18(2)33-30-23/h3-10,15H,11-14,16H2,1-2H3,(H,27,31). The van der Waals surface area contributed by atoms with Crippen molar-refractivity contribution >= 4 is 17.2 Å². The molecule has 3 heterocycles. The summed E-state index contributed by atoms with van der Waals surface area (Å²) in [6, 6.07) is 17.5. The number of rotatable bonds is 6. The molecular formula is C26H26N4O3S. The molecule has 1 amide bonds. The summed E-state index contributed by atoms with van der Waals surface area (Å²) in [5.41, 5.74) is 3.18. The van der Waals surface area contributed by atoms with Gasteiger partial charge in [-0.15, -0.1) is 11.3 Å². The lowest BCUT2D eigenvalue weighted by molar-refractivity contribution is 0.0486. The predicted molar refractivity (Wildman–Crippen MR) is 131 cm³/mol. The number of hydrogen-bond donors (Lipinski definition) is 1. The minimum atomic E-state index is -0.251. The maximum atomic E-state index is 13.1. The minimum absolute atomic E-state index is 0.135. The monoisotopic (exact) mass is 474 g/mol. The Morgan fingerprint density at radius 1 is 1.03 bits per heavy atom. The lowest BCUT2D eigenvalue weighted by atomic mass is 9.80. The van der Waals surface area contributed by atoms with Crippen molar-refractivity contribution in [1.82, 2.24) is 20.4 Å². The zero-order valence-electron chi connectivity index (χ0n) is 19.2. The van der Waals surface area contributed by atoms with E-state index in [2.05, 4.69) is 34.5 Å². The highest BCUT2D eigenvalue weighted by Crippen LogP contribution is 2.40. The fourth-order valence-electron chi connectivity index (χ4n) is 4.28. The van der Waals surface area contributed by atoms with E-state index < -0.39 is 0 Å². The van der Waals surface area contributed by atoms with Crippen molar-refractivity contribution < 1.29 is 14.1 Å². The molecule has 0 bridgehead atoms. The van der Waals surface area contributed by atoms with Gasteiger partial charge < -0.3 is 14.6 Å². The van der Waals surface area contributed by atoms with Gasteiger partial charge in [0.1, 0.15) is 5.01 Å². The average molecular weight is 475 g/mol. The van der Waals surface area contributed by atoms with Crippen LogP contribution in [0.1, 0.15) is 39.0 Å². The van der Waals surface area contributed by atoms with Crippen LogP contribution in [0.25, 0.3) is 22.6 Å². The molecule has 174 valence electrons. The molecule has 4 aromatic rings. The number of hydrogen-bond acceptors (Lipinski definition) is 7. The summed E-state index contributed by atoms with van der Waals surface area (Å²) in [6.45, 7) is 5.66. The first-order valence-corrected chi connectivity index (χ1v) is 12.2. The Balaban J connectivity index is 1.38. The van der Waals surface area contributed by atoms with Gasteiger partial charge >= 0.3 is 0 Å². The van der Waals surface area contributed by atoms with E-state index in [0.717, 1.165) is 34.7 Å². The van der Waals surface area contributed by atoms with Gasteiger partial charge in [-0.1, -0.05) is 47.6 Å². The Morgan fingerprint density at radius 3 is 2.53 bits per heavy atom. The molecule has 1 fully saturated rings. The van der Waals surface area contributed by atoms with Gasteiger partial charge in [0.15, 0.2) is 0 Å². The summed E-state index contributed by atoms with van der Waals surface area (Å²) in [6.07, 6.45) is 1.63. The van der Waals surface area contributed by atoms with Gasteiger partial charge in [0.25, 0.3) is 5.91 Å². The maximum Gasteiger partial charge on any atom is 0.251 e. The number of nitrogens with one attached hydrogen (secondary N) is 1. The number of carbonyl (C=O) groups excluding carboxylic acids is 1. The number of amides is 1. The first kappa shape index (κ1) is 22.4. The second-order valence-electron chi connectivity index (χ2n) is 8.58. The van der Waals surface area contributed by atoms with E-state index in [1.54, 1.807) is 30.4 Å². The summed E-state index contributed by atoms with van der Waals surface area (Å²) < 4.78 is 10.7. The zero-order chi connectivity index (χ0) is 23.5. The van der Waals surface area contributed by atoms with Gasteiger partial charge in [-0.05, 0) is 31.9 Å². The topological polar surface area (TPSA) is 90.1 Å². The molecule has 0 unspecified atom stereocenters. The van der Waals surface area contributed by atoms with Crippen LogP contribution in [0, 0.1) is 13.8 Å². The fourth-order valence-corrected chi connectivity index (χ4v) is 5.46. The van der Waals surface area contributed by atoms with Crippen molar-refractivity contribution in [3.63, 3.8) is 0 Å². The zero-order valence-corrected chi connectivity index (χ0v) is 20.0. The Kier molecular flexibility index (Phi) is 6.26. The van der Waals surface area contributed by atoms with Crippen LogP contribution in [0.4, 0.5) is 0 Å². The molecule has 34 heavy (non-hydrogen) atoms. The number of aryl methyl sites for hydroxylation is 2. The third-order valence-electron chi connectivity index (χ3n) is 6.25. The smallest absolute Gasteiger partial charge is 0.251 e. The second-order valence-corrected chi connectivity index (χ2v) is 9.79. The molecule has 0 saturated carbocycles. The molecule has 1 N–H and O–H groups in total. The van der Waals surface area contributed by atoms with Crippen molar-refractivity contribution in [1.29, 1.82) is 0 Å². The molecule has 0 spiro atoms. The summed E-state index contributed by atoms with van der Waals surface area (Å²) in [4.78, 5) is 23.6. The summed E-state index contributed by atoms with van der Waals surface area (Å²) in [7, 11) is 0. The maximum absolute atomic E-state index is 13.1. The van der Waals surface area contributed by atoms with Crippen LogP contribution in [0.5, 0.6) is 0 Å². The van der Waals surface area contributed by atoms with Crippen molar-refractivity contribution in [2.24, 2.45) is 0 Å². The Labute approximate surface area is 202 Å². The summed E-state index contributed by atoms with van der Waals surface area (Å²) in [5, 5.41) is 8.18. The first-order valence-electron chi connectivity index (χ1n) is 11.3. The van der Waals surface area contributed by atoms with Crippen molar-refractivity contribution in [3.8, 4) is 22.6 Å². The molecule has 0 radical (unpaired) electrons. The molecule has 1 aliphatic heterocycles. The van der Waals surface area contributed by atoms with E-state index in [9.17, 15) is 4.79 Å². The van der Waals surface area contributed by atoms with Crippen LogP contribution >= 0.6 is 11.3 Å². The number of thiazole rings is 1. The van der Waals surface area contributed by atoms with E-state index in [0.29, 0.717) is 37.0 Å². The Morgan fingerprint density at radius 2 is 1.79 bits per heavy atom. The van der Waals surface area contributed by atoms with E-state index in [4.69, 9.17) is 14.2 Å². The summed E-state index contributed by atoms with van der Waals surface area (Å²) >= 11 is 1.72. The third-order valence-corrected chi connectivity index (χ3v) is 7.46. The number of carbonyl (C=O) groups is 1. The normalized spacial score (nSPS) is 15.2. The molecule has 2 aromatic carbocycles. The van der Waals surface area contributed by atoms with Gasteiger partial charge in [-0.2, -0.15) is 4.98 Å². The highest BCUT2D eigenvalue weighted by atomic mass is 32.1. The molecule has 0 atom stereocenters. The second kappa shape index (κ2) is 9.48. The fraction of sp³-hybridized carbons (Fsp3) is 0.308. The number of ether oxygens (including phenoxy) is 1. The quantitative estimate of drug-likeness (QED) is 0.425. The Hall–Kier alpha value is -3.36. The Bertz CT molecular complexity index is 1290. The molecule has 8 heteroatoms. The average Bonchev–Trinajstić information content (AvgIpc) is 3.50. The van der Waals surface area contributed by atoms with Crippen molar-refractivity contribution in [2.75, 3.05) is 19.8 Å². The largest absolute Gasteiger partial charge is 0.381 e. The molecule has 1 aliphatic rings. The molecule has 2 aromatic heterocycles. The van der Waals surface area contributed by atoms with E-state index in [1.807, 2.05) is 30.3 Å². The highest BCUT2D eigenvalue weighted by Gasteiger charge is 2.38. The predicted octanol–water partition coefficient (Wildman–Crippen LogP) is 4.96. The van der Waals surface area contributed by atoms with Gasteiger partial charge in [-0.3, -0.25) is 4.79 Å². The van der Waals surface area contributed by atoms with Crippen LogP contribution in [0.3, 0.4) is 0 Å². The van der Waals surface area contributed by atoms with Crippen molar-refractivity contribution in [2.45, 2.75) is 32.1 Å². The van der Waals surface area contributed by atoms with Crippen LogP contribution in [-0.4, -0.2) is 40.8 Å². The van der Waals surface area contributed by atoms with Gasteiger partial charge in [0.2, 0.25) is 11.7 Å². The highest BCUT2D eigenvalue weighted by molar-refractivity contribution is 7.12. The molecular weight excluding hydrogens is 448 g/mol. The molecule has 7 nitrogen and oxygen atoms in total. The number of aromatic nitrogens is 3. The van der Waals surface area contributed by atoms with E-state index in [-0.39, 0.29) is 11.3 Å². The van der Waals surface area contributed by atoms with Gasteiger partial charge in [-0.25, -0.2) is 4.98 Å². The van der Waals surface area contributed by atoms with E-state index in [1.165, 1.54) is 4.88 Å². The third kappa shape index (κ3) is 4.51. The first-order chi connectivity index (χ1) is 16.5. The minimum Gasteiger partial charge on any atom is -0.381 e. The lowest BCUT2D eigenvalue weighted by Crippen LogP contribution is -2.44. The lowest BCUT2D eigenvalue weighted by Gasteiger charge is -2.35. The van der Waals surface area contributed by atoms with E-state index >= 15 is 0 Å². The molecule has 1 saturated heterocycles.